The average Bonchev–Trinajstić information content (AvgIpc) is 2.78. The van der Waals surface area contributed by atoms with Gasteiger partial charge in [-0.1, -0.05) is 70.0 Å². The Morgan fingerprint density at radius 3 is 2.31 bits per heavy atom. The van der Waals surface area contributed by atoms with E-state index in [1.165, 1.54) is 4.90 Å². The van der Waals surface area contributed by atoms with Crippen molar-refractivity contribution in [1.82, 2.24) is 10.2 Å². The number of rotatable bonds is 10. The zero-order valence-corrected chi connectivity index (χ0v) is 24.4. The molecule has 1 N–H and O–H groups in total. The van der Waals surface area contributed by atoms with Gasteiger partial charge in [0.2, 0.25) is 5.91 Å². The zero-order chi connectivity index (χ0) is 26.3. The smallest absolute Gasteiger partial charge is 0.261 e. The molecular formula is C27H35BrCl2N2O3. The van der Waals surface area contributed by atoms with Crippen molar-refractivity contribution < 1.29 is 14.3 Å². The average molecular weight is 586 g/mol. The van der Waals surface area contributed by atoms with Crippen LogP contribution in [-0.4, -0.2) is 35.4 Å². The minimum atomic E-state index is -0.668. The molecule has 2 rings (SSSR count). The summed E-state index contributed by atoms with van der Waals surface area (Å²) in [5.41, 5.74) is 1.84. The van der Waals surface area contributed by atoms with Crippen LogP contribution in [0.4, 0.5) is 0 Å². The zero-order valence-electron chi connectivity index (χ0n) is 21.3. The van der Waals surface area contributed by atoms with Crippen LogP contribution in [0.3, 0.4) is 0 Å². The summed E-state index contributed by atoms with van der Waals surface area (Å²) in [4.78, 5) is 28.0. The molecule has 35 heavy (non-hydrogen) atoms. The third-order valence-corrected chi connectivity index (χ3v) is 7.10. The second kappa shape index (κ2) is 13.0. The van der Waals surface area contributed by atoms with E-state index in [0.717, 1.165) is 16.5 Å². The Hall–Kier alpha value is -1.76. The van der Waals surface area contributed by atoms with Crippen LogP contribution >= 0.6 is 39.1 Å². The van der Waals surface area contributed by atoms with Crippen LogP contribution in [-0.2, 0) is 21.5 Å². The van der Waals surface area contributed by atoms with Crippen molar-refractivity contribution in [3.8, 4) is 5.75 Å². The maximum atomic E-state index is 13.4. The Bertz CT molecular complexity index is 1040. The molecule has 0 aliphatic rings. The first-order valence-electron chi connectivity index (χ1n) is 11.8. The van der Waals surface area contributed by atoms with Gasteiger partial charge in [0.05, 0.1) is 4.47 Å². The van der Waals surface area contributed by atoms with Gasteiger partial charge < -0.3 is 15.0 Å². The highest BCUT2D eigenvalue weighted by Gasteiger charge is 2.30. The van der Waals surface area contributed by atoms with E-state index in [0.29, 0.717) is 27.8 Å². The fraction of sp³-hybridized carbons (Fsp3) is 0.481. The van der Waals surface area contributed by atoms with Crippen LogP contribution < -0.4 is 10.1 Å². The number of carbonyl (C=O) groups excluding carboxylic acids is 2. The summed E-state index contributed by atoms with van der Waals surface area (Å²) < 4.78 is 6.66. The van der Waals surface area contributed by atoms with Gasteiger partial charge in [-0.15, -0.1) is 0 Å². The molecule has 2 aromatic rings. The van der Waals surface area contributed by atoms with E-state index in [1.54, 1.807) is 18.2 Å². The molecule has 0 spiro atoms. The third-order valence-electron chi connectivity index (χ3n) is 5.89. The van der Waals surface area contributed by atoms with Crippen molar-refractivity contribution in [1.29, 1.82) is 0 Å². The largest absolute Gasteiger partial charge is 0.483 e. The van der Waals surface area contributed by atoms with Gasteiger partial charge in [0.1, 0.15) is 11.8 Å². The van der Waals surface area contributed by atoms with Crippen molar-refractivity contribution in [2.75, 3.05) is 6.61 Å². The number of ether oxygens (including phenoxy) is 1. The maximum absolute atomic E-state index is 13.4. The fourth-order valence-electron chi connectivity index (χ4n) is 3.50. The Balaban J connectivity index is 2.29. The van der Waals surface area contributed by atoms with Crippen LogP contribution in [0, 0.1) is 0 Å². The third kappa shape index (κ3) is 8.40. The summed E-state index contributed by atoms with van der Waals surface area (Å²) in [6.45, 7) is 12.2. The van der Waals surface area contributed by atoms with E-state index in [2.05, 4.69) is 42.0 Å². The predicted molar refractivity (Wildman–Crippen MR) is 147 cm³/mol. The quantitative estimate of drug-likeness (QED) is 0.322. The van der Waals surface area contributed by atoms with Crippen molar-refractivity contribution >= 4 is 50.9 Å². The lowest BCUT2D eigenvalue weighted by Gasteiger charge is -2.31. The summed E-state index contributed by atoms with van der Waals surface area (Å²) in [5, 5.41) is 3.94. The number of benzene rings is 2. The van der Waals surface area contributed by atoms with Crippen molar-refractivity contribution in [3.05, 3.63) is 62.0 Å². The molecule has 0 bridgehead atoms. The molecule has 192 valence electrons. The second-order valence-electron chi connectivity index (χ2n) is 9.68. The maximum Gasteiger partial charge on any atom is 0.261 e. The number of carbonyl (C=O) groups is 2. The first kappa shape index (κ1) is 29.5. The number of nitrogens with zero attached hydrogens (tertiary/aromatic N) is 1. The first-order valence-corrected chi connectivity index (χ1v) is 13.4. The molecule has 0 aromatic heterocycles. The fourth-order valence-corrected chi connectivity index (χ4v) is 4.46. The van der Waals surface area contributed by atoms with E-state index >= 15 is 0 Å². The molecule has 0 saturated heterocycles. The summed E-state index contributed by atoms with van der Waals surface area (Å²) in [7, 11) is 0. The lowest BCUT2D eigenvalue weighted by atomic mass is 9.87. The summed E-state index contributed by atoms with van der Waals surface area (Å²) in [5.74, 6) is 0.0536. The van der Waals surface area contributed by atoms with Crippen LogP contribution in [0.2, 0.25) is 10.0 Å². The summed E-state index contributed by atoms with van der Waals surface area (Å²) in [6, 6.07) is 10.3. The summed E-state index contributed by atoms with van der Waals surface area (Å²) in [6.07, 6.45) is 1.24. The lowest BCUT2D eigenvalue weighted by Crippen LogP contribution is -2.51. The molecule has 0 saturated carbocycles. The van der Waals surface area contributed by atoms with E-state index in [1.807, 2.05) is 39.0 Å². The molecule has 2 amide bonds. The number of nitrogens with one attached hydrogen (secondary N) is 1. The predicted octanol–water partition coefficient (Wildman–Crippen LogP) is 7.15. The second-order valence-corrected chi connectivity index (χ2v) is 11.4. The van der Waals surface area contributed by atoms with E-state index in [9.17, 15) is 9.59 Å². The Morgan fingerprint density at radius 1 is 1.09 bits per heavy atom. The molecule has 5 nitrogen and oxygen atoms in total. The number of hydrogen-bond donors (Lipinski definition) is 1. The number of halogens is 3. The van der Waals surface area contributed by atoms with Crippen LogP contribution in [0.5, 0.6) is 5.75 Å². The van der Waals surface area contributed by atoms with Gasteiger partial charge in [0.15, 0.2) is 6.61 Å². The molecule has 0 heterocycles. The highest BCUT2D eigenvalue weighted by molar-refractivity contribution is 9.10. The van der Waals surface area contributed by atoms with E-state index in [-0.39, 0.29) is 36.4 Å². The monoisotopic (exact) mass is 584 g/mol. The van der Waals surface area contributed by atoms with Crippen LogP contribution in [0.1, 0.15) is 65.5 Å². The van der Waals surface area contributed by atoms with Gasteiger partial charge in [-0.3, -0.25) is 9.59 Å². The molecule has 0 aliphatic carbocycles. The molecule has 0 aliphatic heterocycles. The number of hydrogen-bond acceptors (Lipinski definition) is 3. The minimum absolute atomic E-state index is 0.00107. The van der Waals surface area contributed by atoms with Crippen molar-refractivity contribution in [3.63, 3.8) is 0 Å². The van der Waals surface area contributed by atoms with E-state index < -0.39 is 6.04 Å². The number of amides is 2. The molecule has 8 heteroatoms. The molecule has 2 atom stereocenters. The van der Waals surface area contributed by atoms with E-state index in [4.69, 9.17) is 27.9 Å². The van der Waals surface area contributed by atoms with Crippen LogP contribution in [0.15, 0.2) is 40.9 Å². The molecule has 0 radical (unpaired) electrons. The van der Waals surface area contributed by atoms with Gasteiger partial charge in [-0.2, -0.15) is 0 Å². The SMILES string of the molecule is CC[C@@H](C)NC(=O)[C@@H](CC)N(Cc1ccc(Cl)cc1Cl)C(=O)COc1ccc(C(C)(C)C)cc1Br. The van der Waals surface area contributed by atoms with Crippen molar-refractivity contribution in [2.24, 2.45) is 0 Å². The van der Waals surface area contributed by atoms with Gasteiger partial charge in [0.25, 0.3) is 5.91 Å². The van der Waals surface area contributed by atoms with Gasteiger partial charge in [0, 0.05) is 22.6 Å². The minimum Gasteiger partial charge on any atom is -0.483 e. The van der Waals surface area contributed by atoms with Crippen LogP contribution in [0.25, 0.3) is 0 Å². The Labute approximate surface area is 227 Å². The van der Waals surface area contributed by atoms with Gasteiger partial charge >= 0.3 is 0 Å². The van der Waals surface area contributed by atoms with Gasteiger partial charge in [-0.25, -0.2) is 0 Å². The normalized spacial score (nSPS) is 13.2. The molecule has 2 aromatic carbocycles. The lowest BCUT2D eigenvalue weighted by molar-refractivity contribution is -0.143. The standard InChI is InChI=1S/C27H35BrCl2N2O3/c1-7-17(3)31-26(34)23(8-2)32(15-18-9-11-20(29)14-22(18)30)25(33)16-35-24-12-10-19(13-21(24)28)27(4,5)6/h9-14,17,23H,7-8,15-16H2,1-6H3,(H,31,34)/t17-,23-/m1/s1. The summed E-state index contributed by atoms with van der Waals surface area (Å²) >= 11 is 16.0. The molecule has 0 unspecified atom stereocenters. The molecule has 0 fully saturated rings. The highest BCUT2D eigenvalue weighted by atomic mass is 79.9. The Kier molecular flexibility index (Phi) is 10.9. The highest BCUT2D eigenvalue weighted by Crippen LogP contribution is 2.31. The topological polar surface area (TPSA) is 58.6 Å². The first-order chi connectivity index (χ1) is 16.4. The van der Waals surface area contributed by atoms with Gasteiger partial charge in [-0.05, 0) is 76.5 Å². The molecular weight excluding hydrogens is 551 g/mol. The Morgan fingerprint density at radius 2 is 1.77 bits per heavy atom. The van der Waals surface area contributed by atoms with Crippen molar-refractivity contribution in [2.45, 2.75) is 78.4 Å².